The highest BCUT2D eigenvalue weighted by Gasteiger charge is 2.23. The lowest BCUT2D eigenvalue weighted by molar-refractivity contribution is -0.139. The summed E-state index contributed by atoms with van der Waals surface area (Å²) in [6.07, 6.45) is 0.345. The maximum absolute atomic E-state index is 12.3. The number of amides is 1. The first-order valence-electron chi connectivity index (χ1n) is 8.17. The zero-order chi connectivity index (χ0) is 19.3. The molecule has 0 spiro atoms. The van der Waals surface area contributed by atoms with E-state index in [4.69, 9.17) is 9.47 Å². The third-order valence-corrected chi connectivity index (χ3v) is 3.81. The Balaban J connectivity index is 2.18. The smallest absolute Gasteiger partial charge is 0.326 e. The van der Waals surface area contributed by atoms with Gasteiger partial charge in [-0.25, -0.2) is 4.79 Å². The first-order chi connectivity index (χ1) is 12.3. The number of aromatic nitrogens is 2. The average Bonchev–Trinajstić information content (AvgIpc) is 3.10. The van der Waals surface area contributed by atoms with Crippen LogP contribution in [0.4, 0.5) is 0 Å². The van der Waals surface area contributed by atoms with Crippen molar-refractivity contribution in [3.05, 3.63) is 30.0 Å². The van der Waals surface area contributed by atoms with E-state index in [1.165, 1.54) is 7.11 Å². The predicted octanol–water partition coefficient (Wildman–Crippen LogP) is 2.32. The summed E-state index contributed by atoms with van der Waals surface area (Å²) >= 11 is 0. The largest absolute Gasteiger partial charge is 0.493 e. The minimum Gasteiger partial charge on any atom is -0.493 e. The third kappa shape index (κ3) is 4.53. The summed E-state index contributed by atoms with van der Waals surface area (Å²) in [6.45, 7) is 3.79. The number of ether oxygens (including phenoxy) is 2. The van der Waals surface area contributed by atoms with Crippen LogP contribution in [0.15, 0.2) is 24.3 Å². The monoisotopic (exact) mass is 361 g/mol. The number of carboxylic acids is 1. The van der Waals surface area contributed by atoms with Crippen LogP contribution in [0.3, 0.4) is 0 Å². The number of nitrogens with zero attached hydrogens (tertiary/aromatic N) is 1. The Morgan fingerprint density at radius 2 is 1.88 bits per heavy atom. The van der Waals surface area contributed by atoms with Crippen LogP contribution >= 0.6 is 0 Å². The molecule has 26 heavy (non-hydrogen) atoms. The van der Waals surface area contributed by atoms with Gasteiger partial charge in [0.2, 0.25) is 0 Å². The molecular formula is C18H23N3O5. The first-order valence-corrected chi connectivity index (χ1v) is 8.17. The zero-order valence-electron chi connectivity index (χ0n) is 15.2. The van der Waals surface area contributed by atoms with Crippen molar-refractivity contribution >= 4 is 11.9 Å². The summed E-state index contributed by atoms with van der Waals surface area (Å²) in [4.78, 5) is 23.6. The molecule has 2 rings (SSSR count). The lowest BCUT2D eigenvalue weighted by atomic mass is 10.0. The lowest BCUT2D eigenvalue weighted by Gasteiger charge is -2.15. The molecule has 8 heteroatoms. The summed E-state index contributed by atoms with van der Waals surface area (Å²) in [5, 5.41) is 18.5. The van der Waals surface area contributed by atoms with Crippen LogP contribution in [-0.2, 0) is 4.79 Å². The molecule has 3 N–H and O–H groups in total. The number of aromatic amines is 1. The van der Waals surface area contributed by atoms with Crippen LogP contribution in [-0.4, -0.2) is 47.4 Å². The van der Waals surface area contributed by atoms with Crippen LogP contribution in [0.1, 0.15) is 30.8 Å². The zero-order valence-corrected chi connectivity index (χ0v) is 15.2. The van der Waals surface area contributed by atoms with E-state index in [1.54, 1.807) is 31.4 Å². The van der Waals surface area contributed by atoms with E-state index in [9.17, 15) is 14.7 Å². The molecule has 0 aliphatic carbocycles. The van der Waals surface area contributed by atoms with Crippen molar-refractivity contribution in [2.45, 2.75) is 26.3 Å². The number of hydrogen-bond acceptors (Lipinski definition) is 5. The van der Waals surface area contributed by atoms with Crippen LogP contribution in [0.25, 0.3) is 11.3 Å². The number of carboxylic acid groups (broad SMARTS) is 1. The minimum atomic E-state index is -1.06. The molecule has 0 saturated heterocycles. The van der Waals surface area contributed by atoms with Crippen molar-refractivity contribution in [2.24, 2.45) is 5.92 Å². The van der Waals surface area contributed by atoms with E-state index in [-0.39, 0.29) is 11.6 Å². The van der Waals surface area contributed by atoms with Crippen molar-refractivity contribution in [2.75, 3.05) is 14.2 Å². The van der Waals surface area contributed by atoms with Gasteiger partial charge in [0.15, 0.2) is 11.5 Å². The molecule has 140 valence electrons. The third-order valence-electron chi connectivity index (χ3n) is 3.81. The summed E-state index contributed by atoms with van der Waals surface area (Å²) in [5.74, 6) is -0.311. The molecule has 2 aromatic rings. The molecule has 1 amide bonds. The standard InChI is InChI=1S/C18H23N3O5/c1-10(2)7-14(18(23)24)19-17(22)13-9-12(20-21-13)11-5-6-15(25-3)16(8-11)26-4/h5-6,8-10,14H,7H2,1-4H3,(H,19,22)(H,20,21)(H,23,24)/t14-/m0/s1. The number of rotatable bonds is 8. The summed E-state index contributed by atoms with van der Waals surface area (Å²) in [5.41, 5.74) is 1.45. The average molecular weight is 361 g/mol. The number of aliphatic carboxylic acids is 1. The highest BCUT2D eigenvalue weighted by molar-refractivity contribution is 5.95. The molecule has 1 aromatic heterocycles. The quantitative estimate of drug-likeness (QED) is 0.665. The Kier molecular flexibility index (Phi) is 6.21. The van der Waals surface area contributed by atoms with Gasteiger partial charge >= 0.3 is 5.97 Å². The Morgan fingerprint density at radius 3 is 2.46 bits per heavy atom. The second-order valence-corrected chi connectivity index (χ2v) is 6.23. The van der Waals surface area contributed by atoms with Gasteiger partial charge in [0, 0.05) is 5.56 Å². The van der Waals surface area contributed by atoms with Gasteiger partial charge in [-0.05, 0) is 36.6 Å². The number of methoxy groups -OCH3 is 2. The topological polar surface area (TPSA) is 114 Å². The van der Waals surface area contributed by atoms with E-state index in [0.717, 1.165) is 5.56 Å². The van der Waals surface area contributed by atoms with Gasteiger partial charge in [0.05, 0.1) is 19.9 Å². The second kappa shape index (κ2) is 8.37. The lowest BCUT2D eigenvalue weighted by Crippen LogP contribution is -2.41. The second-order valence-electron chi connectivity index (χ2n) is 6.23. The van der Waals surface area contributed by atoms with Gasteiger partial charge in [0.25, 0.3) is 5.91 Å². The molecule has 0 fully saturated rings. The van der Waals surface area contributed by atoms with Crippen molar-refractivity contribution in [1.29, 1.82) is 0 Å². The number of benzene rings is 1. The maximum Gasteiger partial charge on any atom is 0.326 e. The Bertz CT molecular complexity index is 785. The fraction of sp³-hybridized carbons (Fsp3) is 0.389. The van der Waals surface area contributed by atoms with Crippen molar-refractivity contribution < 1.29 is 24.2 Å². The fourth-order valence-corrected chi connectivity index (χ4v) is 2.51. The van der Waals surface area contributed by atoms with E-state index in [2.05, 4.69) is 15.5 Å². The Labute approximate surface area is 151 Å². The van der Waals surface area contributed by atoms with Gasteiger partial charge in [-0.3, -0.25) is 9.89 Å². The Morgan fingerprint density at radius 1 is 1.19 bits per heavy atom. The first kappa shape index (κ1) is 19.3. The maximum atomic E-state index is 12.3. The fourth-order valence-electron chi connectivity index (χ4n) is 2.51. The molecule has 1 aromatic carbocycles. The van der Waals surface area contributed by atoms with Crippen molar-refractivity contribution in [3.63, 3.8) is 0 Å². The number of hydrogen-bond donors (Lipinski definition) is 3. The molecule has 8 nitrogen and oxygen atoms in total. The predicted molar refractivity (Wildman–Crippen MR) is 95.5 cm³/mol. The molecule has 0 unspecified atom stereocenters. The molecule has 0 saturated carbocycles. The minimum absolute atomic E-state index is 0.139. The van der Waals surface area contributed by atoms with Crippen LogP contribution < -0.4 is 14.8 Å². The summed E-state index contributed by atoms with van der Waals surface area (Å²) in [6, 6.07) is 5.89. The SMILES string of the molecule is COc1ccc(-c2cc(C(=O)N[C@@H](CC(C)C)C(=O)O)[nH]n2)cc1OC. The molecule has 0 aliphatic heterocycles. The van der Waals surface area contributed by atoms with E-state index in [0.29, 0.717) is 23.6 Å². The van der Waals surface area contributed by atoms with Crippen LogP contribution in [0, 0.1) is 5.92 Å². The highest BCUT2D eigenvalue weighted by Crippen LogP contribution is 2.31. The van der Waals surface area contributed by atoms with Gasteiger partial charge < -0.3 is 19.9 Å². The molecule has 1 atom stereocenters. The normalized spacial score (nSPS) is 11.9. The van der Waals surface area contributed by atoms with E-state index in [1.807, 2.05) is 13.8 Å². The molecule has 0 aliphatic rings. The number of carbonyl (C=O) groups is 2. The molecular weight excluding hydrogens is 338 g/mol. The van der Waals surface area contributed by atoms with Crippen LogP contribution in [0.2, 0.25) is 0 Å². The van der Waals surface area contributed by atoms with Gasteiger partial charge in [0.1, 0.15) is 11.7 Å². The van der Waals surface area contributed by atoms with E-state index < -0.39 is 17.9 Å². The van der Waals surface area contributed by atoms with Gasteiger partial charge in [-0.15, -0.1) is 0 Å². The van der Waals surface area contributed by atoms with Crippen molar-refractivity contribution in [3.8, 4) is 22.8 Å². The molecule has 0 radical (unpaired) electrons. The number of H-pyrrole nitrogens is 1. The molecule has 1 heterocycles. The molecule has 0 bridgehead atoms. The summed E-state index contributed by atoms with van der Waals surface area (Å²) in [7, 11) is 3.08. The van der Waals surface area contributed by atoms with Crippen molar-refractivity contribution in [1.82, 2.24) is 15.5 Å². The van der Waals surface area contributed by atoms with Gasteiger partial charge in [-0.2, -0.15) is 5.10 Å². The number of nitrogens with one attached hydrogen (secondary N) is 2. The van der Waals surface area contributed by atoms with E-state index >= 15 is 0 Å². The number of carbonyl (C=O) groups excluding carboxylic acids is 1. The van der Waals surface area contributed by atoms with Crippen LogP contribution in [0.5, 0.6) is 11.5 Å². The summed E-state index contributed by atoms with van der Waals surface area (Å²) < 4.78 is 10.5. The highest BCUT2D eigenvalue weighted by atomic mass is 16.5. The van der Waals surface area contributed by atoms with Gasteiger partial charge in [-0.1, -0.05) is 13.8 Å². The Hall–Kier alpha value is -3.03.